The Morgan fingerprint density at radius 1 is 0.800 bits per heavy atom. The van der Waals surface area contributed by atoms with Crippen LogP contribution in [0.2, 0.25) is 0 Å². The van der Waals surface area contributed by atoms with Crippen LogP contribution < -0.4 is 10.6 Å². The van der Waals surface area contributed by atoms with Gasteiger partial charge in [0.25, 0.3) is 0 Å². The molecule has 0 spiro atoms. The second-order valence-electron chi connectivity index (χ2n) is 7.08. The topological polar surface area (TPSA) is 24.1 Å². The van der Waals surface area contributed by atoms with Crippen LogP contribution in [0.5, 0.6) is 0 Å². The van der Waals surface area contributed by atoms with Gasteiger partial charge in [-0.15, -0.1) is 0 Å². The summed E-state index contributed by atoms with van der Waals surface area (Å²) in [6, 6.07) is 0. The van der Waals surface area contributed by atoms with Gasteiger partial charge in [0.2, 0.25) is 0 Å². The van der Waals surface area contributed by atoms with Crippen molar-refractivity contribution in [3.8, 4) is 0 Å². The Morgan fingerprint density at radius 3 is 1.95 bits per heavy atom. The SMILES string of the molecule is CCCC(C)[C@@H](CNC(C)NCCC(C)C)[C@@H](C)CC. The largest absolute Gasteiger partial charge is 0.302 e. The lowest BCUT2D eigenvalue weighted by Crippen LogP contribution is -2.44. The lowest BCUT2D eigenvalue weighted by Gasteiger charge is -2.31. The molecule has 0 aliphatic heterocycles. The van der Waals surface area contributed by atoms with E-state index in [0.717, 1.165) is 36.8 Å². The van der Waals surface area contributed by atoms with Crippen LogP contribution >= 0.6 is 0 Å². The van der Waals surface area contributed by atoms with Gasteiger partial charge in [0.05, 0.1) is 6.17 Å². The number of rotatable bonds is 12. The third kappa shape index (κ3) is 8.97. The standard InChI is InChI=1S/C18H40N2/c1-8-10-16(6)18(15(5)9-2)13-20-17(7)19-12-11-14(3)4/h14-20H,8-13H2,1-7H3/t15-,16?,17?,18-/m0/s1. The molecule has 4 atom stereocenters. The fourth-order valence-electron chi connectivity index (χ4n) is 2.91. The highest BCUT2D eigenvalue weighted by atomic mass is 15.1. The summed E-state index contributed by atoms with van der Waals surface area (Å²) >= 11 is 0. The smallest absolute Gasteiger partial charge is 0.0542 e. The van der Waals surface area contributed by atoms with E-state index in [1.807, 2.05) is 0 Å². The van der Waals surface area contributed by atoms with Crippen LogP contribution in [-0.2, 0) is 0 Å². The van der Waals surface area contributed by atoms with Crippen molar-refractivity contribution >= 4 is 0 Å². The van der Waals surface area contributed by atoms with E-state index in [1.165, 1.54) is 25.7 Å². The summed E-state index contributed by atoms with van der Waals surface area (Å²) in [5, 5.41) is 7.29. The summed E-state index contributed by atoms with van der Waals surface area (Å²) in [6.45, 7) is 18.5. The molecule has 0 amide bonds. The van der Waals surface area contributed by atoms with Gasteiger partial charge < -0.3 is 10.6 Å². The Balaban J connectivity index is 4.11. The Kier molecular flexibility index (Phi) is 11.5. The molecule has 2 heteroatoms. The molecule has 0 aromatic carbocycles. The van der Waals surface area contributed by atoms with E-state index in [9.17, 15) is 0 Å². The lowest BCUT2D eigenvalue weighted by molar-refractivity contribution is 0.218. The summed E-state index contributed by atoms with van der Waals surface area (Å²) < 4.78 is 0. The van der Waals surface area contributed by atoms with Crippen LogP contribution in [0.4, 0.5) is 0 Å². The van der Waals surface area contributed by atoms with E-state index in [2.05, 4.69) is 59.1 Å². The van der Waals surface area contributed by atoms with E-state index in [4.69, 9.17) is 0 Å². The van der Waals surface area contributed by atoms with Crippen LogP contribution in [0.1, 0.15) is 74.1 Å². The number of hydrogen-bond acceptors (Lipinski definition) is 2. The molecule has 0 aliphatic carbocycles. The minimum Gasteiger partial charge on any atom is -0.302 e. The van der Waals surface area contributed by atoms with Gasteiger partial charge in [-0.1, -0.05) is 60.8 Å². The number of nitrogens with one attached hydrogen (secondary N) is 2. The van der Waals surface area contributed by atoms with Gasteiger partial charge in [-0.2, -0.15) is 0 Å². The molecule has 0 fully saturated rings. The van der Waals surface area contributed by atoms with Gasteiger partial charge in [-0.05, 0) is 50.1 Å². The minimum absolute atomic E-state index is 0.425. The van der Waals surface area contributed by atoms with Crippen LogP contribution in [0.15, 0.2) is 0 Å². The number of hydrogen-bond donors (Lipinski definition) is 2. The van der Waals surface area contributed by atoms with Crippen LogP contribution in [0.25, 0.3) is 0 Å². The Morgan fingerprint density at radius 2 is 1.45 bits per heavy atom. The van der Waals surface area contributed by atoms with E-state index < -0.39 is 0 Å². The highest BCUT2D eigenvalue weighted by molar-refractivity contribution is 4.75. The fraction of sp³-hybridized carbons (Fsp3) is 1.00. The Bertz CT molecular complexity index is 215. The first-order chi connectivity index (χ1) is 9.42. The third-order valence-corrected chi connectivity index (χ3v) is 4.68. The molecule has 0 aliphatic rings. The Hall–Kier alpha value is -0.0800. The first-order valence-corrected chi connectivity index (χ1v) is 8.89. The molecule has 0 bridgehead atoms. The Labute approximate surface area is 128 Å². The summed E-state index contributed by atoms with van der Waals surface area (Å²) in [5.41, 5.74) is 0. The van der Waals surface area contributed by atoms with Crippen molar-refractivity contribution < 1.29 is 0 Å². The van der Waals surface area contributed by atoms with E-state index in [-0.39, 0.29) is 0 Å². The molecular formula is C18H40N2. The van der Waals surface area contributed by atoms with E-state index >= 15 is 0 Å². The van der Waals surface area contributed by atoms with Crippen LogP contribution in [0.3, 0.4) is 0 Å². The highest BCUT2D eigenvalue weighted by Crippen LogP contribution is 2.26. The maximum Gasteiger partial charge on any atom is 0.0542 e. The summed E-state index contributed by atoms with van der Waals surface area (Å²) in [7, 11) is 0. The van der Waals surface area contributed by atoms with Crippen LogP contribution in [-0.4, -0.2) is 19.3 Å². The molecule has 0 saturated heterocycles. The quantitative estimate of drug-likeness (QED) is 0.509. The van der Waals surface area contributed by atoms with Gasteiger partial charge in [0.1, 0.15) is 0 Å². The van der Waals surface area contributed by atoms with Gasteiger partial charge in [0.15, 0.2) is 0 Å². The van der Waals surface area contributed by atoms with E-state index in [1.54, 1.807) is 0 Å². The maximum atomic E-state index is 3.70. The van der Waals surface area contributed by atoms with Crippen molar-refractivity contribution in [1.82, 2.24) is 10.6 Å². The summed E-state index contributed by atoms with van der Waals surface area (Å²) in [4.78, 5) is 0. The van der Waals surface area contributed by atoms with Crippen molar-refractivity contribution in [1.29, 1.82) is 0 Å². The normalized spacial score (nSPS) is 18.0. The average molecular weight is 285 g/mol. The lowest BCUT2D eigenvalue weighted by atomic mass is 9.80. The van der Waals surface area contributed by atoms with Crippen molar-refractivity contribution in [3.05, 3.63) is 0 Å². The fourth-order valence-corrected chi connectivity index (χ4v) is 2.91. The van der Waals surface area contributed by atoms with Crippen molar-refractivity contribution in [3.63, 3.8) is 0 Å². The molecule has 0 heterocycles. The first kappa shape index (κ1) is 19.9. The molecule has 0 aromatic heterocycles. The predicted molar refractivity (Wildman–Crippen MR) is 91.9 cm³/mol. The molecule has 0 saturated carbocycles. The molecule has 20 heavy (non-hydrogen) atoms. The average Bonchev–Trinajstić information content (AvgIpc) is 2.38. The molecule has 0 rings (SSSR count). The van der Waals surface area contributed by atoms with Gasteiger partial charge in [-0.3, -0.25) is 0 Å². The minimum atomic E-state index is 0.425. The monoisotopic (exact) mass is 284 g/mol. The maximum absolute atomic E-state index is 3.70. The molecular weight excluding hydrogens is 244 g/mol. The molecule has 2 unspecified atom stereocenters. The second kappa shape index (κ2) is 11.6. The molecule has 0 radical (unpaired) electrons. The second-order valence-corrected chi connectivity index (χ2v) is 7.08. The third-order valence-electron chi connectivity index (χ3n) is 4.68. The summed E-state index contributed by atoms with van der Waals surface area (Å²) in [5.74, 6) is 3.22. The molecule has 122 valence electrons. The highest BCUT2D eigenvalue weighted by Gasteiger charge is 2.22. The molecule has 2 N–H and O–H groups in total. The van der Waals surface area contributed by atoms with Gasteiger partial charge in [-0.25, -0.2) is 0 Å². The van der Waals surface area contributed by atoms with Gasteiger partial charge >= 0.3 is 0 Å². The van der Waals surface area contributed by atoms with Crippen LogP contribution in [0, 0.1) is 23.7 Å². The molecule has 2 nitrogen and oxygen atoms in total. The van der Waals surface area contributed by atoms with Crippen molar-refractivity contribution in [2.75, 3.05) is 13.1 Å². The molecule has 0 aromatic rings. The summed E-state index contributed by atoms with van der Waals surface area (Å²) in [6.07, 6.45) is 5.62. The zero-order chi connectivity index (χ0) is 15.5. The van der Waals surface area contributed by atoms with E-state index in [0.29, 0.717) is 6.17 Å². The predicted octanol–water partition coefficient (Wildman–Crippen LogP) is 4.66. The van der Waals surface area contributed by atoms with Crippen molar-refractivity contribution in [2.45, 2.75) is 80.3 Å². The van der Waals surface area contributed by atoms with Gasteiger partial charge in [0, 0.05) is 0 Å². The zero-order valence-electron chi connectivity index (χ0n) is 15.1. The van der Waals surface area contributed by atoms with Crippen molar-refractivity contribution in [2.24, 2.45) is 23.7 Å². The zero-order valence-corrected chi connectivity index (χ0v) is 15.1. The first-order valence-electron chi connectivity index (χ1n) is 8.89.